The van der Waals surface area contributed by atoms with Gasteiger partial charge in [-0.3, -0.25) is 0 Å². The van der Waals surface area contributed by atoms with Crippen molar-refractivity contribution in [2.45, 2.75) is 36.6 Å². The molecule has 2 atom stereocenters. The van der Waals surface area contributed by atoms with Crippen molar-refractivity contribution in [3.8, 4) is 0 Å². The minimum absolute atomic E-state index is 0.337. The van der Waals surface area contributed by atoms with Gasteiger partial charge in [0, 0.05) is 18.1 Å². The molecule has 0 N–H and O–H groups in total. The smallest absolute Gasteiger partial charge is 0.111 e. The van der Waals surface area contributed by atoms with Gasteiger partial charge in [-0.15, -0.1) is 0 Å². The van der Waals surface area contributed by atoms with Crippen molar-refractivity contribution in [3.63, 3.8) is 0 Å². The number of aromatic nitrogens is 1. The monoisotopic (exact) mass is 287 g/mol. The van der Waals surface area contributed by atoms with Gasteiger partial charge in [-0.2, -0.15) is 0 Å². The maximum Gasteiger partial charge on any atom is 0.111 e. The quantitative estimate of drug-likeness (QED) is 0.832. The summed E-state index contributed by atoms with van der Waals surface area (Å²) in [4.78, 5) is 4.40. The summed E-state index contributed by atoms with van der Waals surface area (Å²) in [5.41, 5.74) is 1.24. The molecule has 1 aliphatic heterocycles. The van der Waals surface area contributed by atoms with Crippen molar-refractivity contribution < 1.29 is 4.74 Å². The van der Waals surface area contributed by atoms with Crippen LogP contribution in [0.2, 0.25) is 0 Å². The van der Waals surface area contributed by atoms with E-state index in [0.29, 0.717) is 11.4 Å². The lowest BCUT2D eigenvalue weighted by Crippen LogP contribution is -2.13. The van der Waals surface area contributed by atoms with Crippen LogP contribution in [0.3, 0.4) is 0 Å². The van der Waals surface area contributed by atoms with Crippen LogP contribution in [0.15, 0.2) is 21.8 Å². The Hall–Kier alpha value is -0.0600. The van der Waals surface area contributed by atoms with E-state index >= 15 is 0 Å². The lowest BCUT2D eigenvalue weighted by atomic mass is 10.3. The first kappa shape index (κ1) is 11.4. The second-order valence-corrected chi connectivity index (χ2v) is 5.79. The number of thioether (sulfide) groups is 1. The average molecular weight is 288 g/mol. The van der Waals surface area contributed by atoms with Crippen LogP contribution in [0.1, 0.15) is 18.9 Å². The average Bonchev–Trinajstić information content (AvgIpc) is 2.60. The second-order valence-electron chi connectivity index (χ2n) is 3.77. The highest BCUT2D eigenvalue weighted by Gasteiger charge is 2.26. The molecule has 1 fully saturated rings. The number of ether oxygens (including phenoxy) is 1. The Balaban J connectivity index is 2.13. The van der Waals surface area contributed by atoms with Gasteiger partial charge < -0.3 is 4.74 Å². The summed E-state index contributed by atoms with van der Waals surface area (Å²) in [7, 11) is 0. The Labute approximate surface area is 103 Å². The SMILES string of the molecule is Cc1ccnc(SC2CCOC2C)c1Br. The van der Waals surface area contributed by atoms with Crippen LogP contribution in [0.5, 0.6) is 0 Å². The molecule has 15 heavy (non-hydrogen) atoms. The number of hydrogen-bond acceptors (Lipinski definition) is 3. The number of pyridine rings is 1. The molecule has 0 aliphatic carbocycles. The predicted octanol–water partition coefficient (Wildman–Crippen LogP) is 3.42. The molecular formula is C11H14BrNOS. The normalized spacial score (nSPS) is 25.8. The number of aryl methyl sites for hydroxylation is 1. The number of hydrogen-bond donors (Lipinski definition) is 0. The third kappa shape index (κ3) is 2.55. The Morgan fingerprint density at radius 1 is 1.60 bits per heavy atom. The maximum atomic E-state index is 5.54. The molecule has 1 aromatic rings. The van der Waals surface area contributed by atoms with Gasteiger partial charge in [0.15, 0.2) is 0 Å². The van der Waals surface area contributed by atoms with Crippen molar-refractivity contribution in [1.82, 2.24) is 4.98 Å². The van der Waals surface area contributed by atoms with Gasteiger partial charge in [0.05, 0.1) is 10.6 Å². The Morgan fingerprint density at radius 3 is 3.07 bits per heavy atom. The molecule has 4 heteroatoms. The van der Waals surface area contributed by atoms with Crippen molar-refractivity contribution in [2.75, 3.05) is 6.61 Å². The van der Waals surface area contributed by atoms with E-state index in [1.54, 1.807) is 0 Å². The minimum Gasteiger partial charge on any atom is -0.377 e. The predicted molar refractivity (Wildman–Crippen MR) is 66.4 cm³/mol. The fourth-order valence-corrected chi connectivity index (χ4v) is 3.28. The molecule has 82 valence electrons. The first-order valence-electron chi connectivity index (χ1n) is 5.08. The Kier molecular flexibility index (Phi) is 3.69. The fourth-order valence-electron chi connectivity index (χ4n) is 1.61. The van der Waals surface area contributed by atoms with E-state index in [1.165, 1.54) is 5.56 Å². The molecule has 0 spiro atoms. The summed E-state index contributed by atoms with van der Waals surface area (Å²) in [6, 6.07) is 2.02. The van der Waals surface area contributed by atoms with Crippen LogP contribution in [0, 0.1) is 6.92 Å². The van der Waals surface area contributed by atoms with Gasteiger partial charge in [-0.05, 0) is 47.8 Å². The van der Waals surface area contributed by atoms with Crippen molar-refractivity contribution in [2.24, 2.45) is 0 Å². The van der Waals surface area contributed by atoms with Crippen LogP contribution in [0.25, 0.3) is 0 Å². The lowest BCUT2D eigenvalue weighted by molar-refractivity contribution is 0.127. The van der Waals surface area contributed by atoms with Gasteiger partial charge in [0.2, 0.25) is 0 Å². The fraction of sp³-hybridized carbons (Fsp3) is 0.545. The molecule has 0 saturated carbocycles. The van der Waals surface area contributed by atoms with Crippen molar-refractivity contribution >= 4 is 27.7 Å². The number of halogens is 1. The number of nitrogens with zero attached hydrogens (tertiary/aromatic N) is 1. The first-order valence-corrected chi connectivity index (χ1v) is 6.75. The molecule has 0 bridgehead atoms. The summed E-state index contributed by atoms with van der Waals surface area (Å²) in [5, 5.41) is 1.62. The Morgan fingerprint density at radius 2 is 2.40 bits per heavy atom. The van der Waals surface area contributed by atoms with E-state index in [0.717, 1.165) is 22.5 Å². The lowest BCUT2D eigenvalue weighted by Gasteiger charge is -2.14. The maximum absolute atomic E-state index is 5.54. The molecule has 1 aromatic heterocycles. The molecular weight excluding hydrogens is 274 g/mol. The number of rotatable bonds is 2. The van der Waals surface area contributed by atoms with Crippen LogP contribution in [-0.2, 0) is 4.74 Å². The van der Waals surface area contributed by atoms with Gasteiger partial charge >= 0.3 is 0 Å². The first-order chi connectivity index (χ1) is 7.18. The summed E-state index contributed by atoms with van der Waals surface area (Å²) in [6.45, 7) is 5.10. The summed E-state index contributed by atoms with van der Waals surface area (Å²) in [6.07, 6.45) is 3.32. The minimum atomic E-state index is 0.337. The second kappa shape index (κ2) is 4.85. The van der Waals surface area contributed by atoms with E-state index < -0.39 is 0 Å². The highest BCUT2D eigenvalue weighted by molar-refractivity contribution is 9.10. The Bertz CT molecular complexity index is 358. The van der Waals surface area contributed by atoms with E-state index in [-0.39, 0.29) is 0 Å². The zero-order valence-corrected chi connectivity index (χ0v) is 11.3. The van der Waals surface area contributed by atoms with Crippen LogP contribution in [0.4, 0.5) is 0 Å². The summed E-state index contributed by atoms with van der Waals surface area (Å²) < 4.78 is 6.66. The van der Waals surface area contributed by atoms with Crippen molar-refractivity contribution in [1.29, 1.82) is 0 Å². The van der Waals surface area contributed by atoms with E-state index in [1.807, 2.05) is 24.0 Å². The van der Waals surface area contributed by atoms with E-state index in [2.05, 4.69) is 34.8 Å². The molecule has 2 nitrogen and oxygen atoms in total. The molecule has 2 heterocycles. The zero-order valence-electron chi connectivity index (χ0n) is 8.87. The summed E-state index contributed by atoms with van der Waals surface area (Å²) >= 11 is 5.40. The third-order valence-electron chi connectivity index (χ3n) is 2.62. The summed E-state index contributed by atoms with van der Waals surface area (Å²) in [5.74, 6) is 0. The van der Waals surface area contributed by atoms with Crippen molar-refractivity contribution in [3.05, 3.63) is 22.3 Å². The molecule has 0 aromatic carbocycles. The largest absolute Gasteiger partial charge is 0.377 e. The molecule has 0 radical (unpaired) electrons. The molecule has 0 amide bonds. The highest BCUT2D eigenvalue weighted by Crippen LogP contribution is 2.36. The molecule has 1 saturated heterocycles. The molecule has 2 rings (SSSR count). The third-order valence-corrected chi connectivity index (χ3v) is 5.34. The molecule has 1 aliphatic rings. The van der Waals surface area contributed by atoms with E-state index in [9.17, 15) is 0 Å². The van der Waals surface area contributed by atoms with Crippen LogP contribution in [-0.4, -0.2) is 22.9 Å². The van der Waals surface area contributed by atoms with Gasteiger partial charge in [-0.1, -0.05) is 11.8 Å². The van der Waals surface area contributed by atoms with Gasteiger partial charge in [-0.25, -0.2) is 4.98 Å². The van der Waals surface area contributed by atoms with Gasteiger partial charge in [0.1, 0.15) is 5.03 Å². The molecule has 2 unspecified atom stereocenters. The highest BCUT2D eigenvalue weighted by atomic mass is 79.9. The van der Waals surface area contributed by atoms with Crippen LogP contribution < -0.4 is 0 Å². The van der Waals surface area contributed by atoms with Gasteiger partial charge in [0.25, 0.3) is 0 Å². The van der Waals surface area contributed by atoms with E-state index in [4.69, 9.17) is 4.74 Å². The topological polar surface area (TPSA) is 22.1 Å². The van der Waals surface area contributed by atoms with Crippen LogP contribution >= 0.6 is 27.7 Å². The zero-order chi connectivity index (χ0) is 10.8. The standard InChI is InChI=1S/C11H14BrNOS/c1-7-3-5-13-11(10(7)12)15-9-4-6-14-8(9)2/h3,5,8-9H,4,6H2,1-2H3.